The van der Waals surface area contributed by atoms with E-state index in [-0.39, 0.29) is 40.4 Å². The first-order valence-corrected chi connectivity index (χ1v) is 11.2. The van der Waals surface area contributed by atoms with E-state index in [1.54, 1.807) is 0 Å². The molecule has 3 aliphatic rings. The van der Waals surface area contributed by atoms with Gasteiger partial charge in [0.05, 0.1) is 0 Å². The zero-order valence-corrected chi connectivity index (χ0v) is 25.5. The van der Waals surface area contributed by atoms with Gasteiger partial charge in [-0.3, -0.25) is 0 Å². The molecule has 0 amide bonds. The van der Waals surface area contributed by atoms with Crippen LogP contribution in [0.1, 0.15) is 104 Å². The van der Waals surface area contributed by atoms with Crippen LogP contribution < -0.4 is 0 Å². The Labute approximate surface area is 231 Å². The molecule has 3 rings (SSSR count). The van der Waals surface area contributed by atoms with Gasteiger partial charge in [0, 0.05) is 0 Å². The van der Waals surface area contributed by atoms with E-state index < -0.39 is 0 Å². The fourth-order valence-corrected chi connectivity index (χ4v) is 4.22. The summed E-state index contributed by atoms with van der Waals surface area (Å²) in [6, 6.07) is 0. The average Bonchev–Trinajstić information content (AvgIpc) is 3.09. The van der Waals surface area contributed by atoms with Crippen molar-refractivity contribution in [2.75, 3.05) is 0 Å². The third-order valence-electron chi connectivity index (χ3n) is 8.44. The van der Waals surface area contributed by atoms with Crippen LogP contribution in [0.5, 0.6) is 0 Å². The second kappa shape index (κ2) is 13.4. The van der Waals surface area contributed by atoms with Crippen molar-refractivity contribution >= 4 is 0 Å². The molecule has 0 N–H and O–H groups in total. The fraction of sp³-hybridized carbons (Fsp3) is 0.500. The number of rotatable bonds is 0. The summed E-state index contributed by atoms with van der Waals surface area (Å²) in [5.74, 6) is 22.0. The Morgan fingerprint density at radius 3 is 0.226 bits per heavy atom. The summed E-state index contributed by atoms with van der Waals surface area (Å²) in [6.45, 7) is 33.0. The van der Waals surface area contributed by atoms with E-state index in [1.807, 2.05) is 0 Å². The minimum absolute atomic E-state index is 0. The first-order valence-electron chi connectivity index (χ1n) is 11.2. The Morgan fingerprint density at radius 1 is 0.161 bits per heavy atom. The Morgan fingerprint density at radius 2 is 0.194 bits per heavy atom. The van der Waals surface area contributed by atoms with Crippen LogP contribution in [0.15, 0.2) is 0 Å². The molecular formula is C30H45Sm+3. The Bertz CT molecular complexity index is 295. The maximum Gasteiger partial charge on any atom is 3.00 e. The number of hydrogen-bond acceptors (Lipinski definition) is 0. The summed E-state index contributed by atoms with van der Waals surface area (Å²) in [6.07, 6.45) is 0. The molecule has 0 nitrogen and oxygen atoms in total. The van der Waals surface area contributed by atoms with Crippen molar-refractivity contribution in [3.8, 4) is 0 Å². The van der Waals surface area contributed by atoms with Crippen LogP contribution in [0.3, 0.4) is 0 Å². The van der Waals surface area contributed by atoms with Crippen LogP contribution in [0, 0.1) is 129 Å². The summed E-state index contributed by atoms with van der Waals surface area (Å²) in [7, 11) is 0. The fourth-order valence-electron chi connectivity index (χ4n) is 4.22. The zero-order valence-electron chi connectivity index (χ0n) is 22.9. The summed E-state index contributed by atoms with van der Waals surface area (Å²) in [5.41, 5.74) is 0. The van der Waals surface area contributed by atoms with Crippen LogP contribution in [0.4, 0.5) is 0 Å². The Kier molecular flexibility index (Phi) is 14.0. The average molecular weight is 556 g/mol. The van der Waals surface area contributed by atoms with Gasteiger partial charge in [-0.05, 0) is 88.8 Å². The molecule has 1 heteroatoms. The quantitative estimate of drug-likeness (QED) is 0.280. The van der Waals surface area contributed by atoms with E-state index in [4.69, 9.17) is 0 Å². The Balaban J connectivity index is 0.000000429. The summed E-state index contributed by atoms with van der Waals surface area (Å²) >= 11 is 0. The van der Waals surface area contributed by atoms with Gasteiger partial charge in [-0.25, -0.2) is 0 Å². The molecule has 3 aliphatic carbocycles. The normalized spacial score (nSPS) is 27.6. The van der Waals surface area contributed by atoms with Crippen molar-refractivity contribution < 1.29 is 40.4 Å². The molecule has 0 unspecified atom stereocenters. The first kappa shape index (κ1) is 32.3. The van der Waals surface area contributed by atoms with Crippen molar-refractivity contribution in [2.45, 2.75) is 104 Å². The van der Waals surface area contributed by atoms with Crippen molar-refractivity contribution in [1.82, 2.24) is 0 Å². The molecule has 3 saturated carbocycles. The van der Waals surface area contributed by atoms with E-state index in [0.717, 1.165) is 0 Å². The topological polar surface area (TPSA) is 0 Å². The second-order valence-corrected chi connectivity index (χ2v) is 9.38. The van der Waals surface area contributed by atoms with Gasteiger partial charge in [-0.2, -0.15) is 0 Å². The van der Waals surface area contributed by atoms with E-state index in [1.165, 1.54) is 88.8 Å². The van der Waals surface area contributed by atoms with Gasteiger partial charge in [0.25, 0.3) is 0 Å². The van der Waals surface area contributed by atoms with Crippen LogP contribution in [-0.4, -0.2) is 0 Å². The molecule has 0 spiro atoms. The zero-order chi connectivity index (χ0) is 23.7. The van der Waals surface area contributed by atoms with Gasteiger partial charge >= 0.3 is 40.4 Å². The van der Waals surface area contributed by atoms with Gasteiger partial charge in [0.1, 0.15) is 0 Å². The van der Waals surface area contributed by atoms with Crippen LogP contribution >= 0.6 is 0 Å². The first-order chi connectivity index (χ1) is 13.7. The van der Waals surface area contributed by atoms with Crippen LogP contribution in [0.2, 0.25) is 0 Å². The molecule has 16 radical (unpaired) electrons. The predicted octanol–water partition coefficient (Wildman–Crippen LogP) is 8.92. The van der Waals surface area contributed by atoms with Gasteiger partial charge < -0.3 is 0 Å². The Hall–Kier alpha value is 1.34. The standard InChI is InChI=1S/3C10H15.Sm/c3*1-6-7(2)9(4)10(5)8(6)3;/h3*1-5H3;/q;;;+3. The van der Waals surface area contributed by atoms with Crippen LogP contribution in [0.25, 0.3) is 0 Å². The molecule has 0 aliphatic heterocycles. The van der Waals surface area contributed by atoms with Gasteiger partial charge in [-0.1, -0.05) is 104 Å². The van der Waals surface area contributed by atoms with Gasteiger partial charge in [0.15, 0.2) is 0 Å². The van der Waals surface area contributed by atoms with Crippen molar-refractivity contribution in [3.63, 3.8) is 0 Å². The SMILES string of the molecule is C[C]1[C](C)[C](C)[C](C)[C]1C.C[C]1[C](C)[C](C)[C](C)[C]1C.C[C]1[C](C)[C](C)[C](C)[C]1C.[Sm+3]. The second-order valence-electron chi connectivity index (χ2n) is 9.38. The molecule has 0 saturated heterocycles. The van der Waals surface area contributed by atoms with Crippen molar-refractivity contribution in [2.24, 2.45) is 0 Å². The summed E-state index contributed by atoms with van der Waals surface area (Å²) < 4.78 is 0. The third kappa shape index (κ3) is 7.17. The molecule has 31 heavy (non-hydrogen) atoms. The third-order valence-corrected chi connectivity index (χ3v) is 8.44. The minimum Gasteiger partial charge on any atom is -0.0579 e. The number of hydrogen-bond donors (Lipinski definition) is 0. The molecule has 0 heterocycles. The summed E-state index contributed by atoms with van der Waals surface area (Å²) in [4.78, 5) is 0. The molecule has 0 atom stereocenters. The molecular weight excluding hydrogens is 511 g/mol. The van der Waals surface area contributed by atoms with E-state index in [9.17, 15) is 0 Å². The largest absolute Gasteiger partial charge is 3.00 e. The smallest absolute Gasteiger partial charge is 0.0579 e. The van der Waals surface area contributed by atoms with Crippen LogP contribution in [-0.2, 0) is 0 Å². The van der Waals surface area contributed by atoms with E-state index >= 15 is 0 Å². The molecule has 168 valence electrons. The van der Waals surface area contributed by atoms with Crippen molar-refractivity contribution in [1.29, 1.82) is 0 Å². The van der Waals surface area contributed by atoms with E-state index in [2.05, 4.69) is 104 Å². The maximum atomic E-state index is 2.20. The van der Waals surface area contributed by atoms with E-state index in [0.29, 0.717) is 0 Å². The monoisotopic (exact) mass is 557 g/mol. The van der Waals surface area contributed by atoms with Gasteiger partial charge in [-0.15, -0.1) is 0 Å². The molecule has 0 bridgehead atoms. The molecule has 3 fully saturated rings. The molecule has 0 aromatic rings. The predicted molar refractivity (Wildman–Crippen MR) is 134 cm³/mol. The molecule has 0 aromatic carbocycles. The van der Waals surface area contributed by atoms with Crippen molar-refractivity contribution in [3.05, 3.63) is 88.8 Å². The molecule has 0 aromatic heterocycles. The summed E-state index contributed by atoms with van der Waals surface area (Å²) in [5, 5.41) is 0. The minimum atomic E-state index is 0. The van der Waals surface area contributed by atoms with Gasteiger partial charge in [0.2, 0.25) is 0 Å². The maximum absolute atomic E-state index is 2.20.